The molecule has 7 nitrogen and oxygen atoms in total. The maximum Gasteiger partial charge on any atom is 0.338 e. The molecule has 0 bridgehead atoms. The number of hydrogen-bond acceptors (Lipinski definition) is 6. The van der Waals surface area contributed by atoms with Crippen LogP contribution in [0.25, 0.3) is 11.3 Å². The molecule has 0 aliphatic carbocycles. The largest absolute Gasteiger partial charge is 0.463 e. The van der Waals surface area contributed by atoms with E-state index >= 15 is 0 Å². The van der Waals surface area contributed by atoms with Gasteiger partial charge in [0.2, 0.25) is 0 Å². The van der Waals surface area contributed by atoms with Gasteiger partial charge in [-0.25, -0.2) is 9.79 Å². The van der Waals surface area contributed by atoms with Gasteiger partial charge in [0.05, 0.1) is 35.2 Å². The van der Waals surface area contributed by atoms with Gasteiger partial charge in [0.15, 0.2) is 4.80 Å². The van der Waals surface area contributed by atoms with E-state index in [0.717, 1.165) is 27.9 Å². The Bertz CT molecular complexity index is 1950. The van der Waals surface area contributed by atoms with E-state index in [9.17, 15) is 14.4 Å². The standard InChI is InChI=1S/C35H33N3O4S/c1-6-42-34(41)28-29(23-12-8-7-9-13-23)36-35-38(30(28)24-18-16-22(17-19-24)20(2)3)33(40)31(43-35)27-25-14-10-11-15-26(25)37(21(4)5)32(27)39/h7-21,30H,6H2,1-5H3/b31-27+/t30-/m0/s1. The molecule has 3 aromatic carbocycles. The summed E-state index contributed by atoms with van der Waals surface area (Å²) >= 11 is 1.19. The summed E-state index contributed by atoms with van der Waals surface area (Å²) in [4.78, 5) is 49.2. The zero-order valence-corrected chi connectivity index (χ0v) is 25.6. The van der Waals surface area contributed by atoms with Crippen LogP contribution in [0.4, 0.5) is 5.69 Å². The van der Waals surface area contributed by atoms with Gasteiger partial charge in [-0.05, 0) is 43.9 Å². The second-order valence-corrected chi connectivity index (χ2v) is 12.2. The molecule has 1 aromatic heterocycles. The highest BCUT2D eigenvalue weighted by molar-refractivity contribution is 7.07. The smallest absolute Gasteiger partial charge is 0.338 e. The Balaban J connectivity index is 1.70. The minimum Gasteiger partial charge on any atom is -0.463 e. The summed E-state index contributed by atoms with van der Waals surface area (Å²) in [6.45, 7) is 10.1. The molecule has 0 fully saturated rings. The summed E-state index contributed by atoms with van der Waals surface area (Å²) < 4.78 is 7.44. The lowest BCUT2D eigenvalue weighted by molar-refractivity contribution is -0.138. The molecule has 0 saturated carbocycles. The lowest BCUT2D eigenvalue weighted by Gasteiger charge is -2.26. The summed E-state index contributed by atoms with van der Waals surface area (Å²) in [6, 6.07) is 24.1. The van der Waals surface area contributed by atoms with Gasteiger partial charge in [-0.15, -0.1) is 0 Å². The number of rotatable bonds is 6. The van der Waals surface area contributed by atoms with E-state index in [1.807, 2.05) is 92.7 Å². The van der Waals surface area contributed by atoms with Crippen molar-refractivity contribution < 1.29 is 14.3 Å². The van der Waals surface area contributed by atoms with Crippen LogP contribution in [0.1, 0.15) is 68.8 Å². The van der Waals surface area contributed by atoms with Crippen LogP contribution in [0.15, 0.2) is 94.2 Å². The summed E-state index contributed by atoms with van der Waals surface area (Å²) in [5.74, 6) is -0.434. The van der Waals surface area contributed by atoms with Gasteiger partial charge in [-0.1, -0.05) is 98.0 Å². The lowest BCUT2D eigenvalue weighted by Crippen LogP contribution is -2.41. The van der Waals surface area contributed by atoms with Gasteiger partial charge >= 0.3 is 5.97 Å². The third-order valence-electron chi connectivity index (χ3n) is 7.88. The Hall–Kier alpha value is -4.56. The van der Waals surface area contributed by atoms with E-state index in [1.54, 1.807) is 16.4 Å². The lowest BCUT2D eigenvalue weighted by atomic mass is 9.91. The number of carbonyl (C=O) groups excluding carboxylic acids is 2. The van der Waals surface area contributed by atoms with E-state index in [1.165, 1.54) is 11.3 Å². The fourth-order valence-electron chi connectivity index (χ4n) is 5.84. The van der Waals surface area contributed by atoms with E-state index in [0.29, 0.717) is 26.5 Å². The number of nitrogens with zero attached hydrogens (tertiary/aromatic N) is 3. The van der Waals surface area contributed by atoms with Crippen molar-refractivity contribution in [2.75, 3.05) is 11.5 Å². The number of hydrogen-bond donors (Lipinski definition) is 0. The number of ether oxygens (including phenoxy) is 1. The molecule has 1 amide bonds. The number of thiazole rings is 1. The molecule has 0 N–H and O–H groups in total. The number of aromatic nitrogens is 1. The highest BCUT2D eigenvalue weighted by Gasteiger charge is 2.38. The SMILES string of the molecule is CCOC(=O)C1=C(c2ccccc2)N=c2s/c(=C3/C(=O)N(C(C)C)c4ccccc43)c(=O)n2[C@H]1c1ccc(C(C)C)cc1. The number of carbonyl (C=O) groups is 2. The number of fused-ring (bicyclic) bond motifs is 2. The molecule has 6 rings (SSSR count). The molecule has 218 valence electrons. The first-order chi connectivity index (χ1) is 20.7. The summed E-state index contributed by atoms with van der Waals surface area (Å²) in [5, 5.41) is 0. The van der Waals surface area contributed by atoms with Crippen molar-refractivity contribution in [1.82, 2.24) is 4.57 Å². The number of amides is 1. The first kappa shape index (κ1) is 28.6. The minimum atomic E-state index is -0.797. The molecule has 0 saturated heterocycles. The molecule has 8 heteroatoms. The number of para-hydroxylation sites is 1. The van der Waals surface area contributed by atoms with Gasteiger partial charge in [-0.2, -0.15) is 0 Å². The molecule has 0 unspecified atom stereocenters. The topological polar surface area (TPSA) is 81.0 Å². The van der Waals surface area contributed by atoms with Crippen LogP contribution in [0.3, 0.4) is 0 Å². The van der Waals surface area contributed by atoms with Crippen molar-refractivity contribution in [3.05, 3.63) is 126 Å². The van der Waals surface area contributed by atoms with Crippen molar-refractivity contribution in [2.45, 2.75) is 52.6 Å². The second kappa shape index (κ2) is 11.3. The van der Waals surface area contributed by atoms with E-state index in [4.69, 9.17) is 9.73 Å². The molecule has 3 heterocycles. The second-order valence-electron chi connectivity index (χ2n) is 11.2. The Morgan fingerprint density at radius 1 is 0.930 bits per heavy atom. The van der Waals surface area contributed by atoms with Gasteiger partial charge in [-0.3, -0.25) is 14.2 Å². The molecule has 0 radical (unpaired) electrons. The van der Waals surface area contributed by atoms with Crippen molar-refractivity contribution in [3.63, 3.8) is 0 Å². The van der Waals surface area contributed by atoms with Crippen LogP contribution in [0.5, 0.6) is 0 Å². The van der Waals surface area contributed by atoms with E-state index in [2.05, 4.69) is 13.8 Å². The summed E-state index contributed by atoms with van der Waals surface area (Å²) in [7, 11) is 0. The molecular formula is C35H33N3O4S. The first-order valence-corrected chi connectivity index (χ1v) is 15.4. The van der Waals surface area contributed by atoms with Crippen LogP contribution < -0.4 is 19.8 Å². The molecule has 2 aliphatic rings. The van der Waals surface area contributed by atoms with Crippen LogP contribution in [-0.4, -0.2) is 29.1 Å². The van der Waals surface area contributed by atoms with Crippen LogP contribution in [0.2, 0.25) is 0 Å². The first-order valence-electron chi connectivity index (χ1n) is 14.6. The molecule has 0 spiro atoms. The number of esters is 1. The Kier molecular flexibility index (Phi) is 7.48. The fourth-order valence-corrected chi connectivity index (χ4v) is 6.93. The van der Waals surface area contributed by atoms with Crippen LogP contribution in [0, 0.1) is 0 Å². The van der Waals surface area contributed by atoms with Crippen molar-refractivity contribution >= 4 is 40.2 Å². The Labute approximate surface area is 254 Å². The van der Waals surface area contributed by atoms with E-state index in [-0.39, 0.29) is 29.7 Å². The Morgan fingerprint density at radius 2 is 1.60 bits per heavy atom. The van der Waals surface area contributed by atoms with Crippen LogP contribution >= 0.6 is 11.3 Å². The highest BCUT2D eigenvalue weighted by atomic mass is 32.1. The minimum absolute atomic E-state index is 0.0952. The molecule has 2 aliphatic heterocycles. The monoisotopic (exact) mass is 591 g/mol. The molecular weight excluding hydrogens is 558 g/mol. The average molecular weight is 592 g/mol. The number of benzene rings is 3. The van der Waals surface area contributed by atoms with Gasteiger partial charge in [0, 0.05) is 17.2 Å². The van der Waals surface area contributed by atoms with Crippen molar-refractivity contribution in [3.8, 4) is 0 Å². The van der Waals surface area contributed by atoms with Gasteiger partial charge in [0.1, 0.15) is 4.53 Å². The van der Waals surface area contributed by atoms with Crippen molar-refractivity contribution in [2.24, 2.45) is 4.99 Å². The zero-order chi connectivity index (χ0) is 30.4. The maximum atomic E-state index is 14.5. The maximum absolute atomic E-state index is 14.5. The third kappa shape index (κ3) is 4.76. The quantitative estimate of drug-likeness (QED) is 0.289. The van der Waals surface area contributed by atoms with Crippen molar-refractivity contribution in [1.29, 1.82) is 0 Å². The number of anilines is 1. The molecule has 4 aromatic rings. The molecule has 43 heavy (non-hydrogen) atoms. The zero-order valence-electron chi connectivity index (χ0n) is 24.8. The Morgan fingerprint density at radius 3 is 2.26 bits per heavy atom. The van der Waals surface area contributed by atoms with Gasteiger partial charge in [0.25, 0.3) is 11.5 Å². The van der Waals surface area contributed by atoms with Gasteiger partial charge < -0.3 is 9.64 Å². The predicted octanol–water partition coefficient (Wildman–Crippen LogP) is 5.18. The summed E-state index contributed by atoms with van der Waals surface area (Å²) in [5.41, 5.74) is 4.89. The average Bonchev–Trinajstić information content (AvgIpc) is 3.49. The third-order valence-corrected chi connectivity index (χ3v) is 8.93. The summed E-state index contributed by atoms with van der Waals surface area (Å²) in [6.07, 6.45) is 0. The predicted molar refractivity (Wildman–Crippen MR) is 170 cm³/mol. The fraction of sp³-hybridized carbons (Fsp3) is 0.257. The molecule has 1 atom stereocenters. The van der Waals surface area contributed by atoms with E-state index < -0.39 is 12.0 Å². The van der Waals surface area contributed by atoms with Crippen LogP contribution in [-0.2, 0) is 14.3 Å². The highest BCUT2D eigenvalue weighted by Crippen LogP contribution is 2.38. The normalized spacial score (nSPS) is 17.3.